The van der Waals surface area contributed by atoms with Crippen molar-refractivity contribution in [2.45, 2.75) is 26.1 Å². The van der Waals surface area contributed by atoms with Crippen LogP contribution in [0.5, 0.6) is 0 Å². The van der Waals surface area contributed by atoms with E-state index in [9.17, 15) is 13.2 Å². The van der Waals surface area contributed by atoms with E-state index in [-0.39, 0.29) is 5.56 Å². The van der Waals surface area contributed by atoms with Crippen molar-refractivity contribution in [2.24, 2.45) is 5.73 Å². The minimum absolute atomic E-state index is 0.0375. The Morgan fingerprint density at radius 2 is 1.70 bits per heavy atom. The number of rotatable bonds is 2. The normalized spacial score (nSPS) is 13.3. The average molecular weight is 281 g/mol. The van der Waals surface area contributed by atoms with Crippen molar-refractivity contribution >= 4 is 0 Å². The van der Waals surface area contributed by atoms with Crippen LogP contribution in [-0.2, 0) is 6.18 Å². The second-order valence-corrected chi connectivity index (χ2v) is 4.59. The second kappa shape index (κ2) is 5.20. The molecule has 0 saturated heterocycles. The molecule has 2 rings (SSSR count). The zero-order valence-corrected chi connectivity index (χ0v) is 11.1. The molecule has 3 nitrogen and oxygen atoms in total. The zero-order valence-electron chi connectivity index (χ0n) is 11.1. The van der Waals surface area contributed by atoms with E-state index < -0.39 is 17.8 Å². The number of nitrogens with two attached hydrogens (primary N) is 1. The van der Waals surface area contributed by atoms with Crippen LogP contribution < -0.4 is 5.73 Å². The second-order valence-electron chi connectivity index (χ2n) is 4.59. The summed E-state index contributed by atoms with van der Waals surface area (Å²) in [6.07, 6.45) is -4.43. The summed E-state index contributed by atoms with van der Waals surface area (Å²) in [5.41, 5.74) is 7.03. The van der Waals surface area contributed by atoms with E-state index in [4.69, 9.17) is 5.73 Å². The maximum atomic E-state index is 13.0. The molecule has 0 saturated carbocycles. The lowest BCUT2D eigenvalue weighted by Gasteiger charge is -2.19. The fourth-order valence-electron chi connectivity index (χ4n) is 2.08. The number of halogens is 3. The number of aryl methyl sites for hydroxylation is 2. The van der Waals surface area contributed by atoms with Gasteiger partial charge in [-0.2, -0.15) is 23.4 Å². The highest BCUT2D eigenvalue weighted by molar-refractivity contribution is 5.39. The summed E-state index contributed by atoms with van der Waals surface area (Å²) >= 11 is 0. The van der Waals surface area contributed by atoms with Crippen molar-refractivity contribution in [1.82, 2.24) is 10.2 Å². The first-order valence-electron chi connectivity index (χ1n) is 6.03. The molecule has 2 N–H and O–H groups in total. The maximum absolute atomic E-state index is 13.0. The standard InChI is InChI=1S/C14H14F3N3/c1-8-7-11(9(2)20-19-8)13(18)10-5-3-4-6-12(10)14(15,16)17/h3-7,13H,18H2,1-2H3. The first-order valence-corrected chi connectivity index (χ1v) is 6.03. The van der Waals surface area contributed by atoms with E-state index in [0.29, 0.717) is 17.0 Å². The monoisotopic (exact) mass is 281 g/mol. The first kappa shape index (κ1) is 14.5. The molecule has 1 heterocycles. The van der Waals surface area contributed by atoms with E-state index >= 15 is 0 Å². The number of aromatic nitrogens is 2. The Hall–Kier alpha value is -1.95. The van der Waals surface area contributed by atoms with Crippen LogP contribution in [0, 0.1) is 13.8 Å². The number of hydrogen-bond acceptors (Lipinski definition) is 3. The predicted molar refractivity (Wildman–Crippen MR) is 69.0 cm³/mol. The highest BCUT2D eigenvalue weighted by atomic mass is 19.4. The molecule has 0 aliphatic rings. The van der Waals surface area contributed by atoms with E-state index in [1.165, 1.54) is 12.1 Å². The lowest BCUT2D eigenvalue weighted by molar-refractivity contribution is -0.138. The topological polar surface area (TPSA) is 51.8 Å². The molecule has 0 spiro atoms. The molecule has 1 atom stereocenters. The highest BCUT2D eigenvalue weighted by Crippen LogP contribution is 2.35. The van der Waals surface area contributed by atoms with Crippen molar-refractivity contribution in [3.63, 3.8) is 0 Å². The number of alkyl halides is 3. The molecule has 1 unspecified atom stereocenters. The van der Waals surface area contributed by atoms with Gasteiger partial charge in [0.1, 0.15) is 0 Å². The number of hydrogen-bond donors (Lipinski definition) is 1. The molecular formula is C14H14F3N3. The number of nitrogens with zero attached hydrogens (tertiary/aromatic N) is 2. The Morgan fingerprint density at radius 1 is 1.05 bits per heavy atom. The van der Waals surface area contributed by atoms with Gasteiger partial charge in [-0.25, -0.2) is 0 Å². The molecule has 0 aliphatic heterocycles. The molecule has 0 fully saturated rings. The van der Waals surface area contributed by atoms with Crippen LogP contribution >= 0.6 is 0 Å². The van der Waals surface area contributed by atoms with Gasteiger partial charge in [0.15, 0.2) is 0 Å². The minimum Gasteiger partial charge on any atom is -0.320 e. The van der Waals surface area contributed by atoms with E-state index in [2.05, 4.69) is 10.2 Å². The first-order chi connectivity index (χ1) is 9.30. The van der Waals surface area contributed by atoms with E-state index in [0.717, 1.165) is 6.07 Å². The smallest absolute Gasteiger partial charge is 0.320 e. The Labute approximate surface area is 114 Å². The predicted octanol–water partition coefficient (Wildman–Crippen LogP) is 3.16. The van der Waals surface area contributed by atoms with Gasteiger partial charge < -0.3 is 5.73 Å². The lowest BCUT2D eigenvalue weighted by Crippen LogP contribution is -2.20. The summed E-state index contributed by atoms with van der Waals surface area (Å²) in [7, 11) is 0. The average Bonchev–Trinajstić information content (AvgIpc) is 2.40. The van der Waals surface area contributed by atoms with Crippen LogP contribution in [0.1, 0.15) is 34.1 Å². The van der Waals surface area contributed by atoms with Gasteiger partial charge >= 0.3 is 6.18 Å². The van der Waals surface area contributed by atoms with Gasteiger partial charge in [-0.05, 0) is 37.1 Å². The summed E-state index contributed by atoms with van der Waals surface area (Å²) in [5, 5.41) is 7.76. The molecular weight excluding hydrogens is 267 g/mol. The molecule has 2 aromatic rings. The lowest BCUT2D eigenvalue weighted by atomic mass is 9.94. The highest BCUT2D eigenvalue weighted by Gasteiger charge is 2.34. The van der Waals surface area contributed by atoms with Crippen LogP contribution in [0.15, 0.2) is 30.3 Å². The molecule has 1 aromatic carbocycles. The van der Waals surface area contributed by atoms with Crippen molar-refractivity contribution in [3.8, 4) is 0 Å². The van der Waals surface area contributed by atoms with Crippen LogP contribution in [0.4, 0.5) is 13.2 Å². The van der Waals surface area contributed by atoms with Crippen molar-refractivity contribution in [1.29, 1.82) is 0 Å². The van der Waals surface area contributed by atoms with Crippen LogP contribution in [0.2, 0.25) is 0 Å². The van der Waals surface area contributed by atoms with Crippen molar-refractivity contribution in [3.05, 3.63) is 58.4 Å². The molecule has 0 aliphatic carbocycles. The third-order valence-corrected chi connectivity index (χ3v) is 3.08. The molecule has 1 aromatic heterocycles. The van der Waals surface area contributed by atoms with Crippen molar-refractivity contribution < 1.29 is 13.2 Å². The van der Waals surface area contributed by atoms with Crippen LogP contribution in [-0.4, -0.2) is 10.2 Å². The van der Waals surface area contributed by atoms with Gasteiger partial charge in [0.2, 0.25) is 0 Å². The Bertz CT molecular complexity index is 623. The quantitative estimate of drug-likeness (QED) is 0.920. The third kappa shape index (κ3) is 2.80. The fourth-order valence-corrected chi connectivity index (χ4v) is 2.08. The van der Waals surface area contributed by atoms with E-state index in [1.807, 2.05) is 0 Å². The van der Waals surface area contributed by atoms with Gasteiger partial charge in [0.05, 0.1) is 23.0 Å². The fraction of sp³-hybridized carbons (Fsp3) is 0.286. The SMILES string of the molecule is Cc1cc(C(N)c2ccccc2C(F)(F)F)c(C)nn1. The van der Waals surface area contributed by atoms with Gasteiger partial charge in [-0.1, -0.05) is 18.2 Å². The molecule has 0 amide bonds. The summed E-state index contributed by atoms with van der Waals surface area (Å²) in [6, 6.07) is 6.10. The number of benzene rings is 1. The Morgan fingerprint density at radius 3 is 2.35 bits per heavy atom. The van der Waals surface area contributed by atoms with Gasteiger partial charge in [0.25, 0.3) is 0 Å². The molecule has 6 heteroatoms. The summed E-state index contributed by atoms with van der Waals surface area (Å²) in [4.78, 5) is 0. The Kier molecular flexibility index (Phi) is 3.76. The third-order valence-electron chi connectivity index (χ3n) is 3.08. The summed E-state index contributed by atoms with van der Waals surface area (Å²) in [6.45, 7) is 3.40. The molecule has 0 radical (unpaired) electrons. The summed E-state index contributed by atoms with van der Waals surface area (Å²) < 4.78 is 39.1. The largest absolute Gasteiger partial charge is 0.416 e. The van der Waals surface area contributed by atoms with Crippen LogP contribution in [0.3, 0.4) is 0 Å². The van der Waals surface area contributed by atoms with Crippen LogP contribution in [0.25, 0.3) is 0 Å². The van der Waals surface area contributed by atoms with Gasteiger partial charge in [0, 0.05) is 0 Å². The van der Waals surface area contributed by atoms with Gasteiger partial charge in [-0.3, -0.25) is 0 Å². The van der Waals surface area contributed by atoms with Gasteiger partial charge in [-0.15, -0.1) is 0 Å². The zero-order chi connectivity index (χ0) is 14.9. The summed E-state index contributed by atoms with van der Waals surface area (Å²) in [5.74, 6) is 0. The minimum atomic E-state index is -4.43. The molecule has 106 valence electrons. The van der Waals surface area contributed by atoms with Crippen molar-refractivity contribution in [2.75, 3.05) is 0 Å². The Balaban J connectivity index is 2.54. The van der Waals surface area contributed by atoms with E-state index in [1.54, 1.807) is 26.0 Å². The molecule has 20 heavy (non-hydrogen) atoms. The maximum Gasteiger partial charge on any atom is 0.416 e. The molecule has 0 bridgehead atoms.